The Labute approximate surface area is 112 Å². The molecule has 1 aromatic rings. The van der Waals surface area contributed by atoms with Crippen molar-refractivity contribution in [2.45, 2.75) is 31.2 Å². The molecule has 0 bridgehead atoms. The number of hydrogen-bond acceptors (Lipinski definition) is 3. The van der Waals surface area contributed by atoms with Crippen LogP contribution in [0.4, 0.5) is 8.78 Å². The lowest BCUT2D eigenvalue weighted by atomic mass is 10.0. The summed E-state index contributed by atoms with van der Waals surface area (Å²) >= 11 is 0. The first-order valence-electron chi connectivity index (χ1n) is 6.17. The fourth-order valence-corrected chi connectivity index (χ4v) is 3.65. The van der Waals surface area contributed by atoms with Crippen molar-refractivity contribution in [2.24, 2.45) is 5.92 Å². The van der Waals surface area contributed by atoms with Crippen molar-refractivity contribution in [3.63, 3.8) is 0 Å². The van der Waals surface area contributed by atoms with Gasteiger partial charge in [-0.2, -0.15) is 0 Å². The summed E-state index contributed by atoms with van der Waals surface area (Å²) in [5.41, 5.74) is 0. The summed E-state index contributed by atoms with van der Waals surface area (Å²) in [5, 5.41) is 2.93. The standard InChI is InChI=1S/C13H19F2NO2S/c1-4-9(2)12(16-3)8-19(17,18)13-6-5-10(14)7-11(13)15/h5-7,9,12,16H,4,8H2,1-3H3. The van der Waals surface area contributed by atoms with Crippen molar-refractivity contribution in [1.82, 2.24) is 5.32 Å². The van der Waals surface area contributed by atoms with Crippen molar-refractivity contribution >= 4 is 9.84 Å². The number of rotatable bonds is 6. The number of nitrogens with one attached hydrogen (secondary N) is 1. The Morgan fingerprint density at radius 3 is 2.42 bits per heavy atom. The zero-order valence-electron chi connectivity index (χ0n) is 11.3. The van der Waals surface area contributed by atoms with Gasteiger partial charge in [-0.25, -0.2) is 17.2 Å². The molecule has 0 aliphatic heterocycles. The minimum Gasteiger partial charge on any atom is -0.316 e. The summed E-state index contributed by atoms with van der Waals surface area (Å²) in [5.74, 6) is -1.90. The fourth-order valence-electron chi connectivity index (χ4n) is 1.87. The number of halogens is 2. The molecule has 0 aromatic heterocycles. The smallest absolute Gasteiger partial charge is 0.182 e. The van der Waals surface area contributed by atoms with Crippen LogP contribution in [0.2, 0.25) is 0 Å². The summed E-state index contributed by atoms with van der Waals surface area (Å²) in [4.78, 5) is -0.447. The summed E-state index contributed by atoms with van der Waals surface area (Å²) in [6.45, 7) is 3.89. The second-order valence-electron chi connectivity index (χ2n) is 4.64. The van der Waals surface area contributed by atoms with E-state index in [1.807, 2.05) is 13.8 Å². The van der Waals surface area contributed by atoms with Crippen molar-refractivity contribution < 1.29 is 17.2 Å². The molecule has 2 atom stereocenters. The second-order valence-corrected chi connectivity index (χ2v) is 6.64. The largest absolute Gasteiger partial charge is 0.316 e. The average molecular weight is 291 g/mol. The average Bonchev–Trinajstić information content (AvgIpc) is 2.34. The third-order valence-electron chi connectivity index (χ3n) is 3.33. The highest BCUT2D eigenvalue weighted by atomic mass is 32.2. The van der Waals surface area contributed by atoms with E-state index in [9.17, 15) is 17.2 Å². The van der Waals surface area contributed by atoms with Crippen LogP contribution in [0.3, 0.4) is 0 Å². The molecule has 6 heteroatoms. The van der Waals surface area contributed by atoms with E-state index in [-0.39, 0.29) is 17.7 Å². The molecule has 0 fully saturated rings. The third kappa shape index (κ3) is 3.98. The van der Waals surface area contributed by atoms with Gasteiger partial charge in [0, 0.05) is 12.1 Å². The highest BCUT2D eigenvalue weighted by Gasteiger charge is 2.26. The van der Waals surface area contributed by atoms with Gasteiger partial charge in [-0.05, 0) is 25.1 Å². The molecule has 1 aromatic carbocycles. The first-order chi connectivity index (χ1) is 8.81. The SMILES string of the molecule is CCC(C)C(CS(=O)(=O)c1ccc(F)cc1F)NC. The molecular weight excluding hydrogens is 272 g/mol. The molecule has 0 heterocycles. The Hall–Kier alpha value is -1.01. The summed E-state index contributed by atoms with van der Waals surface area (Å²) in [6.07, 6.45) is 0.812. The maximum atomic E-state index is 13.5. The van der Waals surface area contributed by atoms with E-state index in [4.69, 9.17) is 0 Å². The highest BCUT2D eigenvalue weighted by Crippen LogP contribution is 2.20. The van der Waals surface area contributed by atoms with Gasteiger partial charge in [0.05, 0.1) is 5.75 Å². The first-order valence-corrected chi connectivity index (χ1v) is 7.82. The van der Waals surface area contributed by atoms with E-state index in [1.54, 1.807) is 7.05 Å². The van der Waals surface area contributed by atoms with E-state index < -0.39 is 26.4 Å². The maximum absolute atomic E-state index is 13.5. The zero-order chi connectivity index (χ0) is 14.6. The molecule has 0 radical (unpaired) electrons. The van der Waals surface area contributed by atoms with Crippen LogP contribution in [0.5, 0.6) is 0 Å². The van der Waals surface area contributed by atoms with Crippen molar-refractivity contribution in [2.75, 3.05) is 12.8 Å². The van der Waals surface area contributed by atoms with Crippen LogP contribution >= 0.6 is 0 Å². The summed E-state index contributed by atoms with van der Waals surface area (Å²) in [7, 11) is -2.10. The number of sulfone groups is 1. The zero-order valence-corrected chi connectivity index (χ0v) is 12.1. The molecular formula is C13H19F2NO2S. The molecule has 1 N–H and O–H groups in total. The molecule has 0 spiro atoms. The second kappa shape index (κ2) is 6.43. The normalized spacial score (nSPS) is 15.2. The van der Waals surface area contributed by atoms with Gasteiger partial charge in [0.2, 0.25) is 0 Å². The van der Waals surface area contributed by atoms with Gasteiger partial charge in [-0.1, -0.05) is 20.3 Å². The van der Waals surface area contributed by atoms with Crippen LogP contribution in [-0.2, 0) is 9.84 Å². The van der Waals surface area contributed by atoms with Crippen LogP contribution in [0.1, 0.15) is 20.3 Å². The minimum atomic E-state index is -3.78. The fraction of sp³-hybridized carbons (Fsp3) is 0.538. The molecule has 1 rings (SSSR count). The molecule has 2 unspecified atom stereocenters. The minimum absolute atomic E-state index is 0.142. The monoisotopic (exact) mass is 291 g/mol. The predicted molar refractivity (Wildman–Crippen MR) is 70.7 cm³/mol. The van der Waals surface area contributed by atoms with Gasteiger partial charge in [-0.15, -0.1) is 0 Å². The van der Waals surface area contributed by atoms with E-state index in [0.717, 1.165) is 18.6 Å². The number of benzene rings is 1. The van der Waals surface area contributed by atoms with Crippen molar-refractivity contribution in [1.29, 1.82) is 0 Å². The van der Waals surface area contributed by atoms with Crippen LogP contribution < -0.4 is 5.32 Å². The quantitative estimate of drug-likeness (QED) is 0.819. The maximum Gasteiger partial charge on any atom is 0.182 e. The Balaban J connectivity index is 3.04. The molecule has 0 saturated heterocycles. The predicted octanol–water partition coefficient (Wildman–Crippen LogP) is 2.37. The molecule has 0 aliphatic rings. The van der Waals surface area contributed by atoms with Gasteiger partial charge >= 0.3 is 0 Å². The lowest BCUT2D eigenvalue weighted by molar-refractivity contribution is 0.413. The molecule has 0 amide bonds. The van der Waals surface area contributed by atoms with E-state index in [2.05, 4.69) is 5.32 Å². The molecule has 0 saturated carbocycles. The third-order valence-corrected chi connectivity index (χ3v) is 5.13. The van der Waals surface area contributed by atoms with E-state index in [0.29, 0.717) is 6.07 Å². The molecule has 3 nitrogen and oxygen atoms in total. The molecule has 19 heavy (non-hydrogen) atoms. The van der Waals surface area contributed by atoms with Gasteiger partial charge in [0.1, 0.15) is 16.5 Å². The molecule has 108 valence electrons. The van der Waals surface area contributed by atoms with E-state index in [1.165, 1.54) is 0 Å². The molecule has 0 aliphatic carbocycles. The van der Waals surface area contributed by atoms with Gasteiger partial charge < -0.3 is 5.32 Å². The lowest BCUT2D eigenvalue weighted by Crippen LogP contribution is -2.38. The van der Waals surface area contributed by atoms with Crippen molar-refractivity contribution in [3.05, 3.63) is 29.8 Å². The number of hydrogen-bond donors (Lipinski definition) is 1. The van der Waals surface area contributed by atoms with Gasteiger partial charge in [-0.3, -0.25) is 0 Å². The van der Waals surface area contributed by atoms with Gasteiger partial charge in [0.15, 0.2) is 9.84 Å². The van der Waals surface area contributed by atoms with Crippen LogP contribution in [0, 0.1) is 17.6 Å². The van der Waals surface area contributed by atoms with Crippen LogP contribution in [-0.4, -0.2) is 27.3 Å². The summed E-state index contributed by atoms with van der Waals surface area (Å²) < 4.78 is 50.6. The lowest BCUT2D eigenvalue weighted by Gasteiger charge is -2.22. The Kier molecular flexibility index (Phi) is 5.43. The first kappa shape index (κ1) is 16.0. The highest BCUT2D eigenvalue weighted by molar-refractivity contribution is 7.91. The van der Waals surface area contributed by atoms with Crippen LogP contribution in [0.25, 0.3) is 0 Å². The topological polar surface area (TPSA) is 46.2 Å². The Bertz CT molecular complexity index is 531. The van der Waals surface area contributed by atoms with Crippen LogP contribution in [0.15, 0.2) is 23.1 Å². The Morgan fingerprint density at radius 1 is 1.32 bits per heavy atom. The van der Waals surface area contributed by atoms with Gasteiger partial charge in [0.25, 0.3) is 0 Å². The van der Waals surface area contributed by atoms with E-state index >= 15 is 0 Å². The summed E-state index contributed by atoms with van der Waals surface area (Å²) in [6, 6.07) is 2.25. The Morgan fingerprint density at radius 2 is 1.95 bits per heavy atom. The van der Waals surface area contributed by atoms with Crippen molar-refractivity contribution in [3.8, 4) is 0 Å².